The van der Waals surface area contributed by atoms with E-state index in [1.165, 1.54) is 24.7 Å². The van der Waals surface area contributed by atoms with Crippen molar-refractivity contribution in [3.05, 3.63) is 48.2 Å². The largest absolute Gasteiger partial charge is 0.419 e. The topological polar surface area (TPSA) is 142 Å². The molecule has 1 saturated carbocycles. The molecule has 1 fully saturated rings. The first kappa shape index (κ1) is 27.9. The Morgan fingerprint density at radius 2 is 1.89 bits per heavy atom. The summed E-state index contributed by atoms with van der Waals surface area (Å²) in [5.74, 6) is -1.33. The van der Waals surface area contributed by atoms with Crippen LogP contribution >= 0.6 is 0 Å². The molecule has 4 N–H and O–H groups in total. The zero-order chi connectivity index (χ0) is 27.9. The van der Waals surface area contributed by atoms with Gasteiger partial charge in [-0.05, 0) is 50.8 Å². The number of hydrogen-bond acceptors (Lipinski definition) is 8. The molecule has 2 aromatic heterocycles. The Morgan fingerprint density at radius 1 is 1.18 bits per heavy atom. The Balaban J connectivity index is 1.58. The first-order valence-corrected chi connectivity index (χ1v) is 13.0. The molecule has 0 bridgehead atoms. The number of benzene rings is 1. The van der Waals surface area contributed by atoms with Gasteiger partial charge in [0.2, 0.25) is 16.0 Å². The van der Waals surface area contributed by atoms with E-state index in [-0.39, 0.29) is 47.2 Å². The molecular weight excluding hydrogens is 532 g/mol. The quantitative estimate of drug-likeness (QED) is 0.294. The molecule has 38 heavy (non-hydrogen) atoms. The lowest BCUT2D eigenvalue weighted by molar-refractivity contribution is -0.137. The predicted molar refractivity (Wildman–Crippen MR) is 128 cm³/mol. The first-order valence-electron chi connectivity index (χ1n) is 11.5. The summed E-state index contributed by atoms with van der Waals surface area (Å²) in [6.07, 6.45) is -0.845. The summed E-state index contributed by atoms with van der Waals surface area (Å²) in [4.78, 5) is 7.24. The van der Waals surface area contributed by atoms with Gasteiger partial charge in [-0.15, -0.1) is 0 Å². The van der Waals surface area contributed by atoms with Crippen molar-refractivity contribution in [2.75, 3.05) is 11.9 Å². The Labute approximate surface area is 215 Å². The van der Waals surface area contributed by atoms with Gasteiger partial charge in [0, 0.05) is 30.6 Å². The van der Waals surface area contributed by atoms with E-state index in [0.717, 1.165) is 24.4 Å². The highest BCUT2D eigenvalue weighted by Gasteiger charge is 2.36. The zero-order valence-corrected chi connectivity index (χ0v) is 21.2. The maximum Gasteiger partial charge on any atom is 0.419 e. The number of aromatic nitrogens is 4. The van der Waals surface area contributed by atoms with Crippen molar-refractivity contribution in [1.29, 1.82) is 0 Å². The highest BCUT2D eigenvalue weighted by Crippen LogP contribution is 2.36. The second-order valence-electron chi connectivity index (χ2n) is 9.80. The van der Waals surface area contributed by atoms with Gasteiger partial charge >= 0.3 is 6.18 Å². The molecule has 0 unspecified atom stereocenters. The van der Waals surface area contributed by atoms with Crippen molar-refractivity contribution in [2.45, 2.75) is 55.9 Å². The number of nitrogens with zero attached hydrogens (tertiary/aromatic N) is 4. The summed E-state index contributed by atoms with van der Waals surface area (Å²) in [6.45, 7) is 3.01. The Bertz CT molecular complexity index is 1420. The molecule has 1 aliphatic carbocycles. The van der Waals surface area contributed by atoms with Crippen LogP contribution in [0.1, 0.15) is 32.3 Å². The van der Waals surface area contributed by atoms with Crippen LogP contribution in [0.3, 0.4) is 0 Å². The number of anilines is 2. The van der Waals surface area contributed by atoms with Crippen molar-refractivity contribution in [3.63, 3.8) is 0 Å². The van der Waals surface area contributed by atoms with E-state index in [4.69, 9.17) is 5.11 Å². The van der Waals surface area contributed by atoms with Crippen LogP contribution in [0.2, 0.25) is 0 Å². The van der Waals surface area contributed by atoms with E-state index in [1.807, 2.05) is 0 Å². The summed E-state index contributed by atoms with van der Waals surface area (Å²) < 4.78 is 84.6. The molecule has 1 aromatic carbocycles. The SMILES string of the molecule is CC(C)(O)Cn1cc(-c2nc(Nc3ccc(S(=O)(=O)NC4CC(CO)C4)cc3F)ncc2C(F)(F)F)cn1. The van der Waals surface area contributed by atoms with Gasteiger partial charge in [-0.1, -0.05) is 0 Å². The highest BCUT2D eigenvalue weighted by molar-refractivity contribution is 7.89. The van der Waals surface area contributed by atoms with Gasteiger partial charge in [-0.2, -0.15) is 18.3 Å². The van der Waals surface area contributed by atoms with Crippen molar-refractivity contribution >= 4 is 21.7 Å². The fraction of sp³-hybridized carbons (Fsp3) is 0.435. The van der Waals surface area contributed by atoms with Gasteiger partial charge in [0.15, 0.2) is 0 Å². The number of aliphatic hydroxyl groups is 2. The Kier molecular flexibility index (Phi) is 7.49. The number of aliphatic hydroxyl groups excluding tert-OH is 1. The lowest BCUT2D eigenvalue weighted by Gasteiger charge is -2.34. The molecule has 10 nitrogen and oxygen atoms in total. The third-order valence-electron chi connectivity index (χ3n) is 5.86. The molecule has 4 rings (SSSR count). The molecule has 0 atom stereocenters. The summed E-state index contributed by atoms with van der Waals surface area (Å²) in [6, 6.07) is 2.67. The van der Waals surface area contributed by atoms with Crippen LogP contribution < -0.4 is 10.0 Å². The number of alkyl halides is 3. The van der Waals surface area contributed by atoms with Gasteiger partial charge in [0.1, 0.15) is 11.4 Å². The first-order chi connectivity index (χ1) is 17.6. The number of halogens is 4. The predicted octanol–water partition coefficient (Wildman–Crippen LogP) is 3.06. The molecule has 0 spiro atoms. The van der Waals surface area contributed by atoms with Gasteiger partial charge in [-0.25, -0.2) is 27.5 Å². The average Bonchev–Trinajstić information content (AvgIpc) is 3.23. The van der Waals surface area contributed by atoms with Crippen LogP contribution in [-0.2, 0) is 22.7 Å². The summed E-state index contributed by atoms with van der Waals surface area (Å²) in [5, 5.41) is 25.5. The van der Waals surface area contributed by atoms with Crippen LogP contribution in [0.15, 0.2) is 41.7 Å². The molecule has 1 aliphatic rings. The summed E-state index contributed by atoms with van der Waals surface area (Å²) in [5.41, 5.74) is -3.07. The summed E-state index contributed by atoms with van der Waals surface area (Å²) in [7, 11) is -4.02. The number of rotatable bonds is 9. The van der Waals surface area contributed by atoms with Crippen LogP contribution in [0.5, 0.6) is 0 Å². The molecule has 206 valence electrons. The van der Waals surface area contributed by atoms with Crippen molar-refractivity contribution in [3.8, 4) is 11.3 Å². The van der Waals surface area contributed by atoms with Gasteiger partial charge in [0.25, 0.3) is 0 Å². The second-order valence-corrected chi connectivity index (χ2v) is 11.5. The van der Waals surface area contributed by atoms with E-state index in [2.05, 4.69) is 25.1 Å². The molecule has 0 saturated heterocycles. The van der Waals surface area contributed by atoms with E-state index in [1.54, 1.807) is 0 Å². The van der Waals surface area contributed by atoms with E-state index in [0.29, 0.717) is 19.0 Å². The number of sulfonamides is 1. The molecule has 0 radical (unpaired) electrons. The molecule has 0 amide bonds. The summed E-state index contributed by atoms with van der Waals surface area (Å²) >= 11 is 0. The minimum Gasteiger partial charge on any atom is -0.396 e. The second kappa shape index (κ2) is 10.2. The lowest BCUT2D eigenvalue weighted by Crippen LogP contribution is -2.45. The highest BCUT2D eigenvalue weighted by atomic mass is 32.2. The van der Waals surface area contributed by atoms with Gasteiger partial charge < -0.3 is 15.5 Å². The van der Waals surface area contributed by atoms with Crippen LogP contribution in [-0.4, -0.2) is 56.6 Å². The lowest BCUT2D eigenvalue weighted by atomic mass is 9.82. The molecule has 0 aliphatic heterocycles. The van der Waals surface area contributed by atoms with Gasteiger partial charge in [0.05, 0.1) is 34.6 Å². The van der Waals surface area contributed by atoms with E-state index in [9.17, 15) is 31.1 Å². The third-order valence-corrected chi connectivity index (χ3v) is 7.38. The Hall–Kier alpha value is -3.14. The van der Waals surface area contributed by atoms with Crippen molar-refractivity contribution < 1.29 is 36.2 Å². The minimum absolute atomic E-state index is 0.000515. The van der Waals surface area contributed by atoms with E-state index >= 15 is 0 Å². The standard InChI is InChI=1S/C23H26F4N6O4S/c1-22(2,35)12-33-10-14(8-29-33)20-17(23(25,26)27)9-28-21(31-20)30-19-4-3-16(7-18(19)24)38(36,37)32-15-5-13(6-15)11-34/h3-4,7-10,13,15,32,34-35H,5-6,11-12H2,1-2H3,(H,28,30,31). The Morgan fingerprint density at radius 3 is 2.50 bits per heavy atom. The monoisotopic (exact) mass is 558 g/mol. The fourth-order valence-corrected chi connectivity index (χ4v) is 5.26. The normalized spacial score (nSPS) is 18.3. The van der Waals surface area contributed by atoms with Crippen molar-refractivity contribution in [2.24, 2.45) is 5.92 Å². The fourth-order valence-electron chi connectivity index (χ4n) is 3.99. The maximum atomic E-state index is 14.8. The third kappa shape index (κ3) is 6.46. The minimum atomic E-state index is -4.79. The smallest absolute Gasteiger partial charge is 0.396 e. The van der Waals surface area contributed by atoms with Crippen LogP contribution in [0.4, 0.5) is 29.2 Å². The molecule has 2 heterocycles. The molecule has 3 aromatic rings. The van der Waals surface area contributed by atoms with Crippen molar-refractivity contribution in [1.82, 2.24) is 24.5 Å². The van der Waals surface area contributed by atoms with Crippen LogP contribution in [0.25, 0.3) is 11.3 Å². The maximum absolute atomic E-state index is 14.8. The van der Waals surface area contributed by atoms with Crippen LogP contribution in [0, 0.1) is 11.7 Å². The average molecular weight is 559 g/mol. The van der Waals surface area contributed by atoms with E-state index < -0.39 is 38.9 Å². The molecular formula is C23H26F4N6O4S. The zero-order valence-electron chi connectivity index (χ0n) is 20.4. The molecule has 15 heteroatoms. The van der Waals surface area contributed by atoms with Gasteiger partial charge in [-0.3, -0.25) is 4.68 Å². The number of nitrogens with one attached hydrogen (secondary N) is 2. The number of hydrogen-bond donors (Lipinski definition) is 4.